The summed E-state index contributed by atoms with van der Waals surface area (Å²) in [5, 5.41) is 4.48. The lowest BCUT2D eigenvalue weighted by molar-refractivity contribution is -0.134. The lowest BCUT2D eigenvalue weighted by Crippen LogP contribution is -2.51. The predicted molar refractivity (Wildman–Crippen MR) is 104 cm³/mol. The molecular formula is C21H26N4O3. The number of hydrogen-bond donors (Lipinski definition) is 0. The third-order valence-corrected chi connectivity index (χ3v) is 5.41. The molecule has 0 saturated carbocycles. The number of amides is 2. The van der Waals surface area contributed by atoms with Crippen molar-refractivity contribution < 1.29 is 14.3 Å². The maximum absolute atomic E-state index is 12.8. The first-order valence-corrected chi connectivity index (χ1v) is 9.93. The largest absolute Gasteiger partial charge is 0.484 e. The average molecular weight is 382 g/mol. The van der Waals surface area contributed by atoms with Crippen molar-refractivity contribution in [2.45, 2.75) is 32.7 Å². The van der Waals surface area contributed by atoms with Crippen molar-refractivity contribution in [1.29, 1.82) is 0 Å². The van der Waals surface area contributed by atoms with Crippen molar-refractivity contribution in [2.24, 2.45) is 0 Å². The Morgan fingerprint density at radius 3 is 2.57 bits per heavy atom. The number of aryl methyl sites for hydroxylation is 3. The summed E-state index contributed by atoms with van der Waals surface area (Å²) in [5.74, 6) is 0.613. The molecule has 1 fully saturated rings. The summed E-state index contributed by atoms with van der Waals surface area (Å²) in [7, 11) is 0. The van der Waals surface area contributed by atoms with Crippen LogP contribution in [0.25, 0.3) is 0 Å². The molecule has 2 aliphatic rings. The number of nitrogens with zero attached hydrogens (tertiary/aromatic N) is 4. The van der Waals surface area contributed by atoms with Gasteiger partial charge in [0.05, 0.1) is 0 Å². The summed E-state index contributed by atoms with van der Waals surface area (Å²) >= 11 is 0. The molecule has 2 aliphatic heterocycles. The summed E-state index contributed by atoms with van der Waals surface area (Å²) in [5.41, 5.74) is 2.77. The molecule has 1 aromatic carbocycles. The van der Waals surface area contributed by atoms with Crippen LogP contribution in [0.2, 0.25) is 0 Å². The minimum atomic E-state index is -0.0499. The Hall–Kier alpha value is -2.83. The van der Waals surface area contributed by atoms with Gasteiger partial charge in [-0.2, -0.15) is 5.10 Å². The van der Waals surface area contributed by atoms with Crippen molar-refractivity contribution in [3.8, 4) is 5.75 Å². The number of benzene rings is 1. The minimum absolute atomic E-state index is 0.0190. The Balaban J connectivity index is 1.28. The van der Waals surface area contributed by atoms with Crippen LogP contribution < -0.4 is 4.74 Å². The summed E-state index contributed by atoms with van der Waals surface area (Å²) in [4.78, 5) is 28.7. The molecule has 1 saturated heterocycles. The molecule has 7 nitrogen and oxygen atoms in total. The number of ether oxygens (including phenoxy) is 1. The Labute approximate surface area is 164 Å². The van der Waals surface area contributed by atoms with Gasteiger partial charge in [-0.25, -0.2) is 0 Å². The van der Waals surface area contributed by atoms with Gasteiger partial charge in [0.25, 0.3) is 11.8 Å². The highest BCUT2D eigenvalue weighted by molar-refractivity contribution is 5.92. The van der Waals surface area contributed by atoms with Crippen LogP contribution in [0.5, 0.6) is 5.75 Å². The average Bonchev–Trinajstić information content (AvgIpc) is 3.16. The van der Waals surface area contributed by atoms with Crippen LogP contribution in [0.4, 0.5) is 0 Å². The molecule has 2 amide bonds. The van der Waals surface area contributed by atoms with Crippen molar-refractivity contribution in [3.63, 3.8) is 0 Å². The first-order chi connectivity index (χ1) is 13.6. The van der Waals surface area contributed by atoms with E-state index in [-0.39, 0.29) is 18.4 Å². The zero-order chi connectivity index (χ0) is 19.5. The van der Waals surface area contributed by atoms with Gasteiger partial charge in [-0.1, -0.05) is 12.1 Å². The Morgan fingerprint density at radius 2 is 1.82 bits per heavy atom. The van der Waals surface area contributed by atoms with Crippen LogP contribution in [0, 0.1) is 6.92 Å². The quantitative estimate of drug-likeness (QED) is 0.810. The van der Waals surface area contributed by atoms with Crippen molar-refractivity contribution in [2.75, 3.05) is 32.8 Å². The maximum atomic E-state index is 12.8. The Bertz CT molecular complexity index is 845. The third-order valence-electron chi connectivity index (χ3n) is 5.41. The Morgan fingerprint density at radius 1 is 1.04 bits per heavy atom. The highest BCUT2D eigenvalue weighted by Crippen LogP contribution is 2.17. The zero-order valence-corrected chi connectivity index (χ0v) is 16.3. The van der Waals surface area contributed by atoms with E-state index in [1.807, 2.05) is 41.9 Å². The van der Waals surface area contributed by atoms with Gasteiger partial charge in [0.2, 0.25) is 0 Å². The van der Waals surface area contributed by atoms with E-state index in [1.54, 1.807) is 9.80 Å². The number of aromatic nitrogens is 2. The van der Waals surface area contributed by atoms with Crippen LogP contribution in [0.3, 0.4) is 0 Å². The SMILES string of the molecule is Cc1cccc(OCC(=O)N2CCN(C(=O)c3cc4n(n3)CCCC4)CC2)c1. The maximum Gasteiger partial charge on any atom is 0.274 e. The number of piperazine rings is 1. The molecule has 0 unspecified atom stereocenters. The van der Waals surface area contributed by atoms with E-state index in [1.165, 1.54) is 0 Å². The van der Waals surface area contributed by atoms with Crippen molar-refractivity contribution in [3.05, 3.63) is 47.3 Å². The molecule has 0 radical (unpaired) electrons. The lowest BCUT2D eigenvalue weighted by Gasteiger charge is -2.34. The molecule has 148 valence electrons. The fraction of sp³-hybridized carbons (Fsp3) is 0.476. The van der Waals surface area contributed by atoms with E-state index in [2.05, 4.69) is 5.10 Å². The lowest BCUT2D eigenvalue weighted by atomic mass is 10.1. The first-order valence-electron chi connectivity index (χ1n) is 9.93. The predicted octanol–water partition coefficient (Wildman–Crippen LogP) is 1.89. The van der Waals surface area contributed by atoms with Gasteiger partial charge in [0.15, 0.2) is 12.3 Å². The van der Waals surface area contributed by atoms with E-state index in [9.17, 15) is 9.59 Å². The van der Waals surface area contributed by atoms with Gasteiger partial charge in [-0.15, -0.1) is 0 Å². The monoisotopic (exact) mass is 382 g/mol. The second-order valence-electron chi connectivity index (χ2n) is 7.48. The highest BCUT2D eigenvalue weighted by atomic mass is 16.5. The van der Waals surface area contributed by atoms with Gasteiger partial charge in [0.1, 0.15) is 5.75 Å². The van der Waals surface area contributed by atoms with Crippen LogP contribution >= 0.6 is 0 Å². The third kappa shape index (κ3) is 4.03. The molecule has 0 atom stereocenters. The van der Waals surface area contributed by atoms with Crippen molar-refractivity contribution >= 4 is 11.8 Å². The summed E-state index contributed by atoms with van der Waals surface area (Å²) in [6, 6.07) is 9.58. The zero-order valence-electron chi connectivity index (χ0n) is 16.3. The smallest absolute Gasteiger partial charge is 0.274 e. The van der Waals surface area contributed by atoms with Crippen LogP contribution in [0.1, 0.15) is 34.6 Å². The molecule has 4 rings (SSSR count). The van der Waals surface area contributed by atoms with E-state index >= 15 is 0 Å². The summed E-state index contributed by atoms with van der Waals surface area (Å²) in [6.07, 6.45) is 3.27. The molecule has 0 N–H and O–H groups in total. The van der Waals surface area contributed by atoms with Crippen LogP contribution in [0.15, 0.2) is 30.3 Å². The number of hydrogen-bond acceptors (Lipinski definition) is 4. The first kappa shape index (κ1) is 18.5. The number of carbonyl (C=O) groups excluding carboxylic acids is 2. The van der Waals surface area contributed by atoms with Gasteiger partial charge in [-0.3, -0.25) is 14.3 Å². The number of carbonyl (C=O) groups is 2. The second kappa shape index (κ2) is 8.04. The Kier molecular flexibility index (Phi) is 5.32. The summed E-state index contributed by atoms with van der Waals surface area (Å²) < 4.78 is 7.56. The fourth-order valence-corrected chi connectivity index (χ4v) is 3.78. The normalized spacial score (nSPS) is 16.6. The van der Waals surface area contributed by atoms with Gasteiger partial charge in [-0.05, 0) is 49.9 Å². The van der Waals surface area contributed by atoms with E-state index in [0.717, 1.165) is 37.1 Å². The van der Waals surface area contributed by atoms with Gasteiger partial charge < -0.3 is 14.5 Å². The fourth-order valence-electron chi connectivity index (χ4n) is 3.78. The van der Waals surface area contributed by atoms with E-state index < -0.39 is 0 Å². The summed E-state index contributed by atoms with van der Waals surface area (Å²) in [6.45, 7) is 5.00. The van der Waals surface area contributed by atoms with Crippen molar-refractivity contribution in [1.82, 2.24) is 19.6 Å². The molecule has 3 heterocycles. The molecule has 2 aromatic rings. The highest BCUT2D eigenvalue weighted by Gasteiger charge is 2.27. The molecular weight excluding hydrogens is 356 g/mol. The van der Waals surface area contributed by atoms with Crippen LogP contribution in [-0.4, -0.2) is 64.2 Å². The van der Waals surface area contributed by atoms with E-state index in [4.69, 9.17) is 4.74 Å². The molecule has 0 bridgehead atoms. The second-order valence-corrected chi connectivity index (χ2v) is 7.48. The topological polar surface area (TPSA) is 67.7 Å². The minimum Gasteiger partial charge on any atom is -0.484 e. The molecule has 0 spiro atoms. The molecule has 1 aromatic heterocycles. The standard InChI is InChI=1S/C21H26N4O3/c1-16-5-4-7-18(13-16)28-15-20(26)23-9-11-24(12-10-23)21(27)19-14-17-6-2-3-8-25(17)22-19/h4-5,7,13-14H,2-3,6,8-12,15H2,1H3. The molecule has 28 heavy (non-hydrogen) atoms. The van der Waals surface area contributed by atoms with E-state index in [0.29, 0.717) is 37.6 Å². The number of fused-ring (bicyclic) bond motifs is 1. The van der Waals surface area contributed by atoms with Crippen LogP contribution in [-0.2, 0) is 17.8 Å². The molecule has 0 aliphatic carbocycles. The van der Waals surface area contributed by atoms with Gasteiger partial charge >= 0.3 is 0 Å². The molecule has 7 heteroatoms. The number of rotatable bonds is 4. The van der Waals surface area contributed by atoms with Gasteiger partial charge in [0, 0.05) is 38.4 Å².